The van der Waals surface area contributed by atoms with E-state index in [1.807, 2.05) is 12.1 Å². The second-order valence-corrected chi connectivity index (χ2v) is 6.27. The number of hydroxylamine groups is 2. The minimum Gasteiger partial charge on any atom is -0.392 e. The van der Waals surface area contributed by atoms with Crippen molar-refractivity contribution in [2.75, 3.05) is 0 Å². The van der Waals surface area contributed by atoms with Crippen molar-refractivity contribution >= 4 is 0 Å². The van der Waals surface area contributed by atoms with E-state index in [4.69, 9.17) is 0 Å². The molecular formula is C18H29NO3. The fourth-order valence-electron chi connectivity index (χ4n) is 4.25. The van der Waals surface area contributed by atoms with E-state index in [1.54, 1.807) is 5.06 Å². The van der Waals surface area contributed by atoms with Crippen molar-refractivity contribution in [1.82, 2.24) is 5.06 Å². The lowest BCUT2D eigenvalue weighted by molar-refractivity contribution is -0.241. The minimum atomic E-state index is -0.417. The Kier molecular flexibility index (Phi) is 4.97. The van der Waals surface area contributed by atoms with Crippen molar-refractivity contribution in [1.29, 1.82) is 0 Å². The molecule has 0 saturated carbocycles. The zero-order valence-electron chi connectivity index (χ0n) is 14.2. The molecule has 2 rings (SSSR count). The van der Waals surface area contributed by atoms with Gasteiger partial charge in [-0.05, 0) is 47.9 Å². The summed E-state index contributed by atoms with van der Waals surface area (Å²) in [5, 5.41) is 31.9. The lowest BCUT2D eigenvalue weighted by Crippen LogP contribution is -2.48. The molecule has 1 aliphatic rings. The van der Waals surface area contributed by atoms with Crippen LogP contribution in [-0.2, 0) is 24.3 Å². The van der Waals surface area contributed by atoms with E-state index in [0.29, 0.717) is 0 Å². The Balaban J connectivity index is 2.81. The molecule has 0 aliphatic carbocycles. The van der Waals surface area contributed by atoms with Gasteiger partial charge in [0.05, 0.1) is 24.3 Å². The van der Waals surface area contributed by atoms with Crippen molar-refractivity contribution in [3.05, 3.63) is 34.4 Å². The third-order valence-electron chi connectivity index (χ3n) is 5.83. The van der Waals surface area contributed by atoms with Crippen LogP contribution in [0.25, 0.3) is 0 Å². The first-order valence-corrected chi connectivity index (χ1v) is 8.38. The Labute approximate surface area is 133 Å². The Morgan fingerprint density at radius 3 is 1.32 bits per heavy atom. The van der Waals surface area contributed by atoms with E-state index in [2.05, 4.69) is 27.7 Å². The summed E-state index contributed by atoms with van der Waals surface area (Å²) in [5.74, 6) is 0. The van der Waals surface area contributed by atoms with Gasteiger partial charge in [-0.25, -0.2) is 0 Å². The molecule has 0 unspecified atom stereocenters. The van der Waals surface area contributed by atoms with Crippen molar-refractivity contribution in [2.45, 2.75) is 77.7 Å². The van der Waals surface area contributed by atoms with Gasteiger partial charge in [-0.3, -0.25) is 0 Å². The first kappa shape index (κ1) is 17.4. The standard InChI is InChI=1S/C18H29NO3/c1-5-17(6-2)15-9-13(11-20)14(12-21)10-16(15)18(7-3,8-4)19(17)22/h9-10,20-22H,5-8,11-12H2,1-4H3. The molecule has 22 heavy (non-hydrogen) atoms. The monoisotopic (exact) mass is 307 g/mol. The second-order valence-electron chi connectivity index (χ2n) is 6.27. The number of nitrogens with zero attached hydrogens (tertiary/aromatic N) is 1. The molecule has 1 heterocycles. The van der Waals surface area contributed by atoms with E-state index >= 15 is 0 Å². The van der Waals surface area contributed by atoms with Crippen LogP contribution >= 0.6 is 0 Å². The van der Waals surface area contributed by atoms with Crippen LogP contribution in [0.3, 0.4) is 0 Å². The Hall–Kier alpha value is -0.940. The van der Waals surface area contributed by atoms with Crippen LogP contribution in [-0.4, -0.2) is 20.5 Å². The summed E-state index contributed by atoms with van der Waals surface area (Å²) < 4.78 is 0. The maximum atomic E-state index is 11.1. The van der Waals surface area contributed by atoms with Gasteiger partial charge >= 0.3 is 0 Å². The third-order valence-corrected chi connectivity index (χ3v) is 5.83. The van der Waals surface area contributed by atoms with Gasteiger partial charge < -0.3 is 15.4 Å². The number of fused-ring (bicyclic) bond motifs is 1. The molecule has 0 radical (unpaired) electrons. The zero-order valence-corrected chi connectivity index (χ0v) is 14.2. The molecule has 0 atom stereocenters. The highest BCUT2D eigenvalue weighted by molar-refractivity contribution is 5.49. The lowest BCUT2D eigenvalue weighted by Gasteiger charge is -2.42. The molecule has 0 aromatic heterocycles. The molecule has 0 amide bonds. The first-order chi connectivity index (χ1) is 10.5. The van der Waals surface area contributed by atoms with E-state index in [1.165, 1.54) is 0 Å². The molecule has 0 bridgehead atoms. The van der Waals surface area contributed by atoms with Crippen LogP contribution in [0.15, 0.2) is 12.1 Å². The van der Waals surface area contributed by atoms with E-state index in [-0.39, 0.29) is 13.2 Å². The summed E-state index contributed by atoms with van der Waals surface area (Å²) in [6, 6.07) is 3.98. The second kappa shape index (κ2) is 6.28. The van der Waals surface area contributed by atoms with Gasteiger partial charge in [0.1, 0.15) is 0 Å². The van der Waals surface area contributed by atoms with Crippen LogP contribution in [0.4, 0.5) is 0 Å². The Morgan fingerprint density at radius 1 is 0.773 bits per heavy atom. The normalized spacial score (nSPS) is 19.4. The van der Waals surface area contributed by atoms with Gasteiger partial charge in [-0.2, -0.15) is 5.06 Å². The molecule has 0 saturated heterocycles. The van der Waals surface area contributed by atoms with E-state index in [0.717, 1.165) is 47.9 Å². The maximum Gasteiger partial charge on any atom is 0.0717 e. The van der Waals surface area contributed by atoms with Crippen molar-refractivity contribution in [3.8, 4) is 0 Å². The largest absolute Gasteiger partial charge is 0.392 e. The SMILES string of the molecule is CCC1(CC)c2cc(CO)c(CO)cc2C(CC)(CC)N1O. The predicted molar refractivity (Wildman–Crippen MR) is 86.4 cm³/mol. The average Bonchev–Trinajstić information content (AvgIpc) is 2.78. The number of benzene rings is 1. The predicted octanol–water partition coefficient (Wildman–Crippen LogP) is 3.41. The number of rotatable bonds is 6. The van der Waals surface area contributed by atoms with Gasteiger partial charge in [0.2, 0.25) is 0 Å². The van der Waals surface area contributed by atoms with Gasteiger partial charge in [0.25, 0.3) is 0 Å². The summed E-state index contributed by atoms with van der Waals surface area (Å²) in [5.41, 5.74) is 2.88. The van der Waals surface area contributed by atoms with Crippen molar-refractivity contribution < 1.29 is 15.4 Å². The molecule has 1 aliphatic heterocycles. The fraction of sp³-hybridized carbons (Fsp3) is 0.667. The maximum absolute atomic E-state index is 11.1. The third kappa shape index (κ3) is 2.05. The molecule has 1 aromatic rings. The quantitative estimate of drug-likeness (QED) is 0.753. The Bertz CT molecular complexity index is 486. The molecular weight excluding hydrogens is 278 g/mol. The lowest BCUT2D eigenvalue weighted by atomic mass is 9.80. The van der Waals surface area contributed by atoms with Crippen LogP contribution in [0.2, 0.25) is 0 Å². The number of hydrogen-bond acceptors (Lipinski definition) is 4. The summed E-state index contributed by atoms with van der Waals surface area (Å²) in [7, 11) is 0. The highest BCUT2D eigenvalue weighted by atomic mass is 16.5. The van der Waals surface area contributed by atoms with Crippen molar-refractivity contribution in [2.24, 2.45) is 0 Å². The summed E-state index contributed by atoms with van der Waals surface area (Å²) in [6.07, 6.45) is 3.21. The average molecular weight is 307 g/mol. The molecule has 0 spiro atoms. The summed E-state index contributed by atoms with van der Waals surface area (Å²) in [4.78, 5) is 0. The van der Waals surface area contributed by atoms with Gasteiger partial charge in [0, 0.05) is 0 Å². The number of hydrogen-bond donors (Lipinski definition) is 3. The molecule has 1 aromatic carbocycles. The van der Waals surface area contributed by atoms with Gasteiger partial charge in [0.15, 0.2) is 0 Å². The van der Waals surface area contributed by atoms with Gasteiger partial charge in [-0.15, -0.1) is 0 Å². The van der Waals surface area contributed by atoms with Gasteiger partial charge in [-0.1, -0.05) is 39.8 Å². The summed E-state index contributed by atoms with van der Waals surface area (Å²) in [6.45, 7) is 8.19. The van der Waals surface area contributed by atoms with Crippen LogP contribution < -0.4 is 0 Å². The van der Waals surface area contributed by atoms with E-state index in [9.17, 15) is 15.4 Å². The Morgan fingerprint density at radius 2 is 1.09 bits per heavy atom. The van der Waals surface area contributed by atoms with Crippen LogP contribution in [0, 0.1) is 0 Å². The first-order valence-electron chi connectivity index (χ1n) is 8.38. The molecule has 0 fully saturated rings. The summed E-state index contributed by atoms with van der Waals surface area (Å²) >= 11 is 0. The zero-order chi connectivity index (χ0) is 16.5. The minimum absolute atomic E-state index is 0.0939. The molecule has 3 N–H and O–H groups in total. The number of aliphatic hydroxyl groups is 2. The molecule has 4 heteroatoms. The number of aliphatic hydroxyl groups excluding tert-OH is 2. The van der Waals surface area contributed by atoms with E-state index < -0.39 is 11.1 Å². The molecule has 124 valence electrons. The molecule has 4 nitrogen and oxygen atoms in total. The van der Waals surface area contributed by atoms with Crippen LogP contribution in [0.1, 0.15) is 75.6 Å². The van der Waals surface area contributed by atoms with Crippen LogP contribution in [0.5, 0.6) is 0 Å². The van der Waals surface area contributed by atoms with Crippen molar-refractivity contribution in [3.63, 3.8) is 0 Å². The highest BCUT2D eigenvalue weighted by Crippen LogP contribution is 2.55. The topological polar surface area (TPSA) is 63.9 Å². The smallest absolute Gasteiger partial charge is 0.0717 e. The highest BCUT2D eigenvalue weighted by Gasteiger charge is 2.55. The fourth-order valence-corrected chi connectivity index (χ4v) is 4.25.